The molecule has 0 heterocycles. The fourth-order valence-electron chi connectivity index (χ4n) is 2.17. The number of halogens is 1. The highest BCUT2D eigenvalue weighted by molar-refractivity contribution is 8.00. The van der Waals surface area contributed by atoms with E-state index in [0.717, 1.165) is 44.3 Å². The molecule has 0 amide bonds. The van der Waals surface area contributed by atoms with E-state index in [2.05, 4.69) is 6.92 Å². The second-order valence-corrected chi connectivity index (χ2v) is 8.16. The molecule has 0 bridgehead atoms. The number of alkyl halides is 1. The number of thioether (sulfide) groups is 1. The summed E-state index contributed by atoms with van der Waals surface area (Å²) in [5.74, 6) is 0.928. The summed E-state index contributed by atoms with van der Waals surface area (Å²) in [5, 5.41) is -0.0309. The van der Waals surface area contributed by atoms with E-state index in [1.54, 1.807) is 11.8 Å². The Morgan fingerprint density at radius 1 is 1.05 bits per heavy atom. The van der Waals surface area contributed by atoms with Crippen molar-refractivity contribution in [2.75, 3.05) is 12.4 Å². The van der Waals surface area contributed by atoms with Crippen LogP contribution in [0.25, 0.3) is 0 Å². The van der Waals surface area contributed by atoms with Gasteiger partial charge in [0.25, 0.3) is 0 Å². The van der Waals surface area contributed by atoms with Crippen molar-refractivity contribution in [3.8, 4) is 0 Å². The number of rotatable bonds is 13. The third kappa shape index (κ3) is 13.4. The molecular weight excluding hydrogens is 299 g/mol. The maximum Gasteiger partial charge on any atom is 0.319 e. The molecule has 4 heteroatoms. The zero-order valence-electron chi connectivity index (χ0n) is 15.0. The first kappa shape index (κ1) is 21.8. The van der Waals surface area contributed by atoms with E-state index in [-0.39, 0.29) is 17.9 Å². The summed E-state index contributed by atoms with van der Waals surface area (Å²) in [7, 11) is 0. The lowest BCUT2D eigenvalue weighted by Gasteiger charge is -2.23. The van der Waals surface area contributed by atoms with Gasteiger partial charge in [0.15, 0.2) is 0 Å². The molecule has 0 aliphatic carbocycles. The normalized spacial score (nSPS) is 13.1. The van der Waals surface area contributed by atoms with Crippen molar-refractivity contribution in [1.29, 1.82) is 0 Å². The van der Waals surface area contributed by atoms with Crippen LogP contribution in [-0.2, 0) is 9.53 Å². The third-order valence-corrected chi connectivity index (χ3v) is 4.69. The topological polar surface area (TPSA) is 26.3 Å². The van der Waals surface area contributed by atoms with Gasteiger partial charge in [-0.3, -0.25) is 9.18 Å². The summed E-state index contributed by atoms with van der Waals surface area (Å²) in [6.45, 7) is 7.73. The minimum Gasteiger partial charge on any atom is -0.459 e. The Bertz CT molecular complexity index is 277. The summed E-state index contributed by atoms with van der Waals surface area (Å²) in [5.41, 5.74) is -0.410. The van der Waals surface area contributed by atoms with Gasteiger partial charge in [-0.15, -0.1) is 11.8 Å². The highest BCUT2D eigenvalue weighted by atomic mass is 32.2. The predicted octanol–water partition coefficient (Wildman–Crippen LogP) is 5.93. The third-order valence-electron chi connectivity index (χ3n) is 3.34. The van der Waals surface area contributed by atoms with Crippen molar-refractivity contribution in [2.45, 2.75) is 96.3 Å². The van der Waals surface area contributed by atoms with E-state index in [4.69, 9.17) is 4.74 Å². The first-order valence-electron chi connectivity index (χ1n) is 8.81. The number of carbonyl (C=O) groups is 1. The van der Waals surface area contributed by atoms with E-state index < -0.39 is 5.60 Å². The van der Waals surface area contributed by atoms with E-state index in [0.29, 0.717) is 6.42 Å². The fourth-order valence-corrected chi connectivity index (χ4v) is 3.34. The van der Waals surface area contributed by atoms with Crippen LogP contribution in [0.1, 0.15) is 85.5 Å². The van der Waals surface area contributed by atoms with Crippen molar-refractivity contribution in [2.24, 2.45) is 0 Å². The minimum atomic E-state index is -0.410. The average molecular weight is 335 g/mol. The van der Waals surface area contributed by atoms with Gasteiger partial charge < -0.3 is 4.74 Å². The van der Waals surface area contributed by atoms with Gasteiger partial charge in [0.1, 0.15) is 10.9 Å². The zero-order chi connectivity index (χ0) is 16.8. The van der Waals surface area contributed by atoms with Crippen molar-refractivity contribution in [3.05, 3.63) is 0 Å². The SMILES string of the molecule is CCCCCC(SCCCCCCCF)C(=O)OC(C)(C)C. The molecule has 0 spiro atoms. The molecule has 0 N–H and O–H groups in total. The second kappa shape index (κ2) is 13.2. The molecule has 1 atom stereocenters. The molecule has 0 radical (unpaired) electrons. The average Bonchev–Trinajstić information content (AvgIpc) is 2.42. The van der Waals surface area contributed by atoms with Gasteiger partial charge in [-0.2, -0.15) is 0 Å². The van der Waals surface area contributed by atoms with E-state index in [9.17, 15) is 9.18 Å². The molecule has 0 saturated heterocycles. The van der Waals surface area contributed by atoms with Gasteiger partial charge in [-0.05, 0) is 45.8 Å². The lowest BCUT2D eigenvalue weighted by molar-refractivity contribution is -0.154. The van der Waals surface area contributed by atoms with Crippen LogP contribution in [0.2, 0.25) is 0 Å². The Morgan fingerprint density at radius 3 is 2.27 bits per heavy atom. The van der Waals surface area contributed by atoms with Crippen LogP contribution >= 0.6 is 11.8 Å². The van der Waals surface area contributed by atoms with Crippen LogP contribution in [0.4, 0.5) is 4.39 Å². The molecule has 0 aliphatic rings. The Kier molecular flexibility index (Phi) is 13.1. The summed E-state index contributed by atoms with van der Waals surface area (Å²) in [4.78, 5) is 12.3. The molecule has 0 aliphatic heterocycles. The van der Waals surface area contributed by atoms with Crippen LogP contribution in [0.5, 0.6) is 0 Å². The van der Waals surface area contributed by atoms with Crippen LogP contribution in [-0.4, -0.2) is 29.2 Å². The van der Waals surface area contributed by atoms with Crippen LogP contribution < -0.4 is 0 Å². The van der Waals surface area contributed by atoms with E-state index >= 15 is 0 Å². The lowest BCUT2D eigenvalue weighted by atomic mass is 10.1. The van der Waals surface area contributed by atoms with Gasteiger partial charge >= 0.3 is 5.97 Å². The van der Waals surface area contributed by atoms with Crippen LogP contribution in [0.15, 0.2) is 0 Å². The van der Waals surface area contributed by atoms with Crippen LogP contribution in [0.3, 0.4) is 0 Å². The van der Waals surface area contributed by atoms with Crippen molar-refractivity contribution >= 4 is 17.7 Å². The molecule has 0 saturated carbocycles. The number of carbonyl (C=O) groups excluding carboxylic acids is 1. The number of esters is 1. The molecule has 22 heavy (non-hydrogen) atoms. The fraction of sp³-hybridized carbons (Fsp3) is 0.944. The predicted molar refractivity (Wildman–Crippen MR) is 95.3 cm³/mol. The summed E-state index contributed by atoms with van der Waals surface area (Å²) < 4.78 is 17.5. The molecule has 0 aromatic heterocycles. The Hall–Kier alpha value is -0.250. The first-order chi connectivity index (χ1) is 10.4. The summed E-state index contributed by atoms with van der Waals surface area (Å²) >= 11 is 1.74. The van der Waals surface area contributed by atoms with Gasteiger partial charge in [0.2, 0.25) is 0 Å². The van der Waals surface area contributed by atoms with Gasteiger partial charge in [-0.25, -0.2) is 0 Å². The number of ether oxygens (including phenoxy) is 1. The highest BCUT2D eigenvalue weighted by Crippen LogP contribution is 2.23. The van der Waals surface area contributed by atoms with Gasteiger partial charge in [0, 0.05) is 0 Å². The van der Waals surface area contributed by atoms with Gasteiger partial charge in [-0.1, -0.05) is 45.4 Å². The molecule has 132 valence electrons. The van der Waals surface area contributed by atoms with Crippen LogP contribution in [0, 0.1) is 0 Å². The number of unbranched alkanes of at least 4 members (excludes halogenated alkanes) is 6. The minimum absolute atomic E-state index is 0.0309. The zero-order valence-corrected chi connectivity index (χ0v) is 15.8. The molecule has 0 aromatic rings. The highest BCUT2D eigenvalue weighted by Gasteiger charge is 2.24. The van der Waals surface area contributed by atoms with Crippen molar-refractivity contribution in [3.63, 3.8) is 0 Å². The molecule has 0 rings (SSSR count). The molecule has 0 fully saturated rings. The smallest absolute Gasteiger partial charge is 0.319 e. The first-order valence-corrected chi connectivity index (χ1v) is 9.86. The van der Waals surface area contributed by atoms with Crippen molar-refractivity contribution < 1.29 is 13.9 Å². The molecular formula is C18H35FO2S. The van der Waals surface area contributed by atoms with Crippen molar-refractivity contribution in [1.82, 2.24) is 0 Å². The molecule has 2 nitrogen and oxygen atoms in total. The molecule has 1 unspecified atom stereocenters. The largest absolute Gasteiger partial charge is 0.459 e. The summed E-state index contributed by atoms with van der Waals surface area (Å²) in [6, 6.07) is 0. The van der Waals surface area contributed by atoms with Gasteiger partial charge in [0.05, 0.1) is 6.67 Å². The maximum atomic E-state index is 12.3. The number of hydrogen-bond donors (Lipinski definition) is 0. The Balaban J connectivity index is 4.04. The number of hydrogen-bond acceptors (Lipinski definition) is 3. The Morgan fingerprint density at radius 2 is 1.68 bits per heavy atom. The lowest BCUT2D eigenvalue weighted by Crippen LogP contribution is -2.30. The quantitative estimate of drug-likeness (QED) is 0.308. The Labute approximate surface area is 141 Å². The standard InChI is InChI=1S/C18H35FO2S/c1-5-6-10-13-16(17(20)21-18(2,3)4)22-15-12-9-7-8-11-14-19/h16H,5-15H2,1-4H3. The monoisotopic (exact) mass is 334 g/mol. The second-order valence-electron chi connectivity index (χ2n) is 6.85. The summed E-state index contributed by atoms with van der Waals surface area (Å²) in [6.07, 6.45) is 9.32. The maximum absolute atomic E-state index is 12.3. The van der Waals surface area contributed by atoms with E-state index in [1.165, 1.54) is 12.8 Å². The molecule has 0 aromatic carbocycles. The van der Waals surface area contributed by atoms with E-state index in [1.807, 2.05) is 20.8 Å².